The maximum Gasteiger partial charge on any atom is 0.265 e. The number of aryl methyl sites for hydroxylation is 1. The fraction of sp³-hybridized carbons (Fsp3) is 0.500. The second-order valence-electron chi connectivity index (χ2n) is 7.49. The second kappa shape index (κ2) is 6.74. The minimum atomic E-state index is -0.593. The van der Waals surface area contributed by atoms with Crippen molar-refractivity contribution in [2.75, 3.05) is 13.1 Å². The van der Waals surface area contributed by atoms with Gasteiger partial charge in [-0.05, 0) is 38.3 Å². The lowest BCUT2D eigenvalue weighted by Gasteiger charge is -2.47. The highest BCUT2D eigenvalue weighted by molar-refractivity contribution is 7.17. The molecule has 2 aromatic rings. The number of nitrogens with zero attached hydrogens (tertiary/aromatic N) is 2. The Hall–Kier alpha value is -1.79. The van der Waals surface area contributed by atoms with Crippen LogP contribution in [0.25, 0.3) is 10.6 Å². The van der Waals surface area contributed by atoms with Gasteiger partial charge in [-0.3, -0.25) is 4.79 Å². The smallest absolute Gasteiger partial charge is 0.265 e. The fourth-order valence-corrected chi connectivity index (χ4v) is 5.27. The number of rotatable bonds is 2. The van der Waals surface area contributed by atoms with E-state index in [2.05, 4.69) is 4.98 Å². The van der Waals surface area contributed by atoms with Crippen molar-refractivity contribution in [2.24, 2.45) is 5.92 Å². The van der Waals surface area contributed by atoms with Crippen molar-refractivity contribution in [3.8, 4) is 10.6 Å². The zero-order chi connectivity index (χ0) is 18.3. The summed E-state index contributed by atoms with van der Waals surface area (Å²) in [6.07, 6.45) is 4.68. The predicted octanol–water partition coefficient (Wildman–Crippen LogP) is 4.02. The number of amides is 1. The van der Waals surface area contributed by atoms with Gasteiger partial charge in [0.2, 0.25) is 0 Å². The fourth-order valence-electron chi connectivity index (χ4n) is 4.24. The number of likely N-dealkylation sites (tertiary alicyclic amines) is 1. The summed E-state index contributed by atoms with van der Waals surface area (Å²) in [4.78, 5) is 20.0. The zero-order valence-corrected chi connectivity index (χ0v) is 15.7. The molecular formula is C20H23FN2O2S. The molecule has 2 fully saturated rings. The lowest BCUT2D eigenvalue weighted by molar-refractivity contribution is -0.0885. The second-order valence-corrected chi connectivity index (χ2v) is 8.49. The number of hydrogen-bond donors (Lipinski definition) is 1. The molecule has 2 aliphatic rings. The van der Waals surface area contributed by atoms with Gasteiger partial charge in [-0.25, -0.2) is 9.37 Å². The molecule has 1 aliphatic carbocycles. The van der Waals surface area contributed by atoms with Crippen molar-refractivity contribution < 1.29 is 14.3 Å². The molecule has 1 aliphatic heterocycles. The largest absolute Gasteiger partial charge is 0.389 e. The van der Waals surface area contributed by atoms with Crippen molar-refractivity contribution in [3.63, 3.8) is 0 Å². The molecule has 0 unspecified atom stereocenters. The predicted molar refractivity (Wildman–Crippen MR) is 99.7 cm³/mol. The van der Waals surface area contributed by atoms with E-state index in [0.717, 1.165) is 25.7 Å². The lowest BCUT2D eigenvalue weighted by atomic mass is 9.71. The number of hydrogen-bond acceptors (Lipinski definition) is 4. The van der Waals surface area contributed by atoms with Gasteiger partial charge in [0.15, 0.2) is 0 Å². The third-order valence-electron chi connectivity index (χ3n) is 5.78. The summed E-state index contributed by atoms with van der Waals surface area (Å²) >= 11 is 1.32. The van der Waals surface area contributed by atoms with Gasteiger partial charge in [0.1, 0.15) is 15.7 Å². The first-order chi connectivity index (χ1) is 12.5. The Labute approximate surface area is 156 Å². The monoisotopic (exact) mass is 374 g/mol. The van der Waals surface area contributed by atoms with Gasteiger partial charge in [0.05, 0.1) is 11.3 Å². The maximum absolute atomic E-state index is 13.5. The van der Waals surface area contributed by atoms with Gasteiger partial charge in [-0.2, -0.15) is 0 Å². The molecule has 1 amide bonds. The van der Waals surface area contributed by atoms with E-state index in [-0.39, 0.29) is 17.6 Å². The number of carbonyl (C=O) groups excluding carboxylic acids is 1. The van der Waals surface area contributed by atoms with Crippen LogP contribution in [-0.2, 0) is 0 Å². The number of aliphatic hydroxyl groups is 1. The number of carbonyl (C=O) groups is 1. The van der Waals surface area contributed by atoms with E-state index in [1.165, 1.54) is 23.5 Å². The Balaban J connectivity index is 1.55. The standard InChI is InChI=1S/C20H23FN2O2S/c1-13-17(26-18(22-13)14-5-4-7-16(21)11-14)19(24)23-10-9-20(25)8-3-2-6-15(20)12-23/h4-5,7,11,15,25H,2-3,6,8-10,12H2,1H3/t15-,20-/m1/s1. The molecule has 0 radical (unpaired) electrons. The zero-order valence-electron chi connectivity index (χ0n) is 14.9. The van der Waals surface area contributed by atoms with Crippen LogP contribution < -0.4 is 0 Å². The van der Waals surface area contributed by atoms with Crippen LogP contribution in [0.3, 0.4) is 0 Å². The molecule has 4 rings (SSSR count). The minimum absolute atomic E-state index is 0.0183. The summed E-state index contributed by atoms with van der Waals surface area (Å²) in [6, 6.07) is 6.29. The van der Waals surface area contributed by atoms with Crippen molar-refractivity contribution in [3.05, 3.63) is 40.7 Å². The van der Waals surface area contributed by atoms with Crippen molar-refractivity contribution >= 4 is 17.2 Å². The average molecular weight is 374 g/mol. The normalized spacial score (nSPS) is 25.8. The molecule has 2 heterocycles. The Morgan fingerprint density at radius 2 is 2.23 bits per heavy atom. The van der Waals surface area contributed by atoms with Crippen LogP contribution in [-0.4, -0.2) is 39.6 Å². The highest BCUT2D eigenvalue weighted by Crippen LogP contribution is 2.40. The van der Waals surface area contributed by atoms with Crippen LogP contribution in [0, 0.1) is 18.7 Å². The number of benzene rings is 1. The topological polar surface area (TPSA) is 53.4 Å². The van der Waals surface area contributed by atoms with E-state index in [4.69, 9.17) is 0 Å². The first-order valence-electron chi connectivity index (χ1n) is 9.21. The third-order valence-corrected chi connectivity index (χ3v) is 6.97. The maximum atomic E-state index is 13.5. The van der Waals surface area contributed by atoms with Gasteiger partial charge >= 0.3 is 0 Å². The first kappa shape index (κ1) is 17.6. The molecule has 0 spiro atoms. The molecule has 0 bridgehead atoms. The van der Waals surface area contributed by atoms with Gasteiger partial charge in [0.25, 0.3) is 5.91 Å². The van der Waals surface area contributed by atoms with Crippen LogP contribution >= 0.6 is 11.3 Å². The van der Waals surface area contributed by atoms with E-state index in [1.54, 1.807) is 12.1 Å². The molecule has 138 valence electrons. The Morgan fingerprint density at radius 1 is 1.38 bits per heavy atom. The SMILES string of the molecule is Cc1nc(-c2cccc(F)c2)sc1C(=O)N1CC[C@]2(O)CCCC[C@@H]2C1. The van der Waals surface area contributed by atoms with E-state index in [9.17, 15) is 14.3 Å². The van der Waals surface area contributed by atoms with Gasteiger partial charge in [-0.1, -0.05) is 25.0 Å². The highest BCUT2D eigenvalue weighted by Gasteiger charge is 2.44. The van der Waals surface area contributed by atoms with Crippen molar-refractivity contribution in [1.29, 1.82) is 0 Å². The van der Waals surface area contributed by atoms with Gasteiger partial charge < -0.3 is 10.0 Å². The van der Waals surface area contributed by atoms with Gasteiger partial charge in [0, 0.05) is 24.6 Å². The average Bonchev–Trinajstić information content (AvgIpc) is 3.02. The quantitative estimate of drug-likeness (QED) is 0.864. The number of halogens is 1. The van der Waals surface area contributed by atoms with Crippen LogP contribution in [0.2, 0.25) is 0 Å². The van der Waals surface area contributed by atoms with Crippen LogP contribution in [0.5, 0.6) is 0 Å². The van der Waals surface area contributed by atoms with Crippen LogP contribution in [0.4, 0.5) is 4.39 Å². The number of aromatic nitrogens is 1. The summed E-state index contributed by atoms with van der Waals surface area (Å²) in [5.41, 5.74) is 0.783. The molecule has 1 saturated heterocycles. The van der Waals surface area contributed by atoms with Gasteiger partial charge in [-0.15, -0.1) is 11.3 Å². The Morgan fingerprint density at radius 3 is 3.04 bits per heavy atom. The van der Waals surface area contributed by atoms with E-state index >= 15 is 0 Å². The summed E-state index contributed by atoms with van der Waals surface area (Å²) in [5.74, 6) is -0.156. The number of thiazole rings is 1. The van der Waals surface area contributed by atoms with Crippen LogP contribution in [0.15, 0.2) is 24.3 Å². The summed E-state index contributed by atoms with van der Waals surface area (Å²) in [7, 11) is 0. The lowest BCUT2D eigenvalue weighted by Crippen LogP contribution is -2.54. The molecule has 4 nitrogen and oxygen atoms in total. The molecule has 1 saturated carbocycles. The van der Waals surface area contributed by atoms with Crippen molar-refractivity contribution in [1.82, 2.24) is 9.88 Å². The molecule has 26 heavy (non-hydrogen) atoms. The molecular weight excluding hydrogens is 351 g/mol. The van der Waals surface area contributed by atoms with Crippen molar-refractivity contribution in [2.45, 2.75) is 44.6 Å². The van der Waals surface area contributed by atoms with E-state index in [1.807, 2.05) is 11.8 Å². The molecule has 1 N–H and O–H groups in total. The Kier molecular flexibility index (Phi) is 4.57. The first-order valence-corrected chi connectivity index (χ1v) is 10.0. The third kappa shape index (κ3) is 3.16. The number of fused-ring (bicyclic) bond motifs is 1. The summed E-state index contributed by atoms with van der Waals surface area (Å²) < 4.78 is 13.5. The molecule has 6 heteroatoms. The highest BCUT2D eigenvalue weighted by atomic mass is 32.1. The summed E-state index contributed by atoms with van der Waals surface area (Å²) in [5, 5.41) is 11.5. The Bertz CT molecular complexity index is 837. The number of piperidine rings is 1. The summed E-state index contributed by atoms with van der Waals surface area (Å²) in [6.45, 7) is 3.02. The van der Waals surface area contributed by atoms with E-state index in [0.29, 0.717) is 40.7 Å². The minimum Gasteiger partial charge on any atom is -0.389 e. The molecule has 1 aromatic carbocycles. The van der Waals surface area contributed by atoms with E-state index < -0.39 is 5.60 Å². The molecule has 2 atom stereocenters. The van der Waals surface area contributed by atoms with Crippen LogP contribution in [0.1, 0.15) is 47.5 Å². The molecule has 1 aromatic heterocycles.